The number of benzene rings is 1. The molecule has 0 saturated heterocycles. The van der Waals surface area contributed by atoms with Gasteiger partial charge in [-0.2, -0.15) is 0 Å². The molecule has 6 heteroatoms. The Morgan fingerprint density at radius 2 is 2.00 bits per heavy atom. The molecule has 1 aromatic heterocycles. The highest BCUT2D eigenvalue weighted by Crippen LogP contribution is 2.27. The molecule has 1 aliphatic carbocycles. The summed E-state index contributed by atoms with van der Waals surface area (Å²) in [6.07, 6.45) is 6.17. The lowest BCUT2D eigenvalue weighted by atomic mass is 9.88. The van der Waals surface area contributed by atoms with Crippen LogP contribution < -0.4 is 5.56 Å². The maximum Gasteiger partial charge on any atom is 0.256 e. The Hall–Kier alpha value is -2.50. The number of H-pyrrole nitrogens is 1. The van der Waals surface area contributed by atoms with E-state index < -0.39 is 0 Å². The molecule has 0 spiro atoms. The van der Waals surface area contributed by atoms with Crippen molar-refractivity contribution < 1.29 is 9.18 Å². The highest BCUT2D eigenvalue weighted by molar-refractivity contribution is 5.79. The van der Waals surface area contributed by atoms with Crippen molar-refractivity contribution in [2.45, 2.75) is 51.5 Å². The molecule has 1 amide bonds. The van der Waals surface area contributed by atoms with Gasteiger partial charge < -0.3 is 9.88 Å². The van der Waals surface area contributed by atoms with E-state index in [0.717, 1.165) is 31.4 Å². The number of carbonyl (C=O) groups is 1. The Bertz CT molecular complexity index is 903. The van der Waals surface area contributed by atoms with Gasteiger partial charge in [0.05, 0.1) is 17.8 Å². The second-order valence-corrected chi connectivity index (χ2v) is 7.55. The van der Waals surface area contributed by atoms with Crippen molar-refractivity contribution in [2.75, 3.05) is 6.54 Å². The predicted octanol–water partition coefficient (Wildman–Crippen LogP) is 2.96. The van der Waals surface area contributed by atoms with E-state index in [-0.39, 0.29) is 29.6 Å². The molecule has 1 N–H and O–H groups in total. The van der Waals surface area contributed by atoms with Crippen LogP contribution in [-0.4, -0.2) is 27.3 Å². The molecule has 27 heavy (non-hydrogen) atoms. The fraction of sp³-hybridized carbons (Fsp3) is 0.476. The van der Waals surface area contributed by atoms with Crippen LogP contribution in [0.25, 0.3) is 0 Å². The second-order valence-electron chi connectivity index (χ2n) is 7.55. The molecule has 2 heterocycles. The minimum Gasteiger partial charge on any atom is -0.337 e. The minimum atomic E-state index is -0.304. The molecule has 0 unspecified atom stereocenters. The summed E-state index contributed by atoms with van der Waals surface area (Å²) < 4.78 is 13.9. The Morgan fingerprint density at radius 3 is 2.78 bits per heavy atom. The van der Waals surface area contributed by atoms with Crippen LogP contribution in [-0.2, 0) is 24.2 Å². The summed E-state index contributed by atoms with van der Waals surface area (Å²) in [4.78, 5) is 34.5. The van der Waals surface area contributed by atoms with Crippen LogP contribution in [0.2, 0.25) is 0 Å². The first-order valence-corrected chi connectivity index (χ1v) is 9.75. The van der Waals surface area contributed by atoms with Crippen molar-refractivity contribution in [3.63, 3.8) is 0 Å². The predicted molar refractivity (Wildman–Crippen MR) is 99.8 cm³/mol. The highest BCUT2D eigenvalue weighted by atomic mass is 19.1. The van der Waals surface area contributed by atoms with Crippen LogP contribution in [0, 0.1) is 11.7 Å². The number of fused-ring (bicyclic) bond motifs is 1. The van der Waals surface area contributed by atoms with Crippen molar-refractivity contribution in [2.24, 2.45) is 5.92 Å². The summed E-state index contributed by atoms with van der Waals surface area (Å²) in [7, 11) is 0. The third kappa shape index (κ3) is 3.80. The van der Waals surface area contributed by atoms with Gasteiger partial charge >= 0.3 is 0 Å². The summed E-state index contributed by atoms with van der Waals surface area (Å²) in [6, 6.07) is 6.50. The first-order chi connectivity index (χ1) is 13.1. The lowest BCUT2D eigenvalue weighted by Gasteiger charge is -2.32. The summed E-state index contributed by atoms with van der Waals surface area (Å²) in [5, 5.41) is 0. The summed E-state index contributed by atoms with van der Waals surface area (Å²) in [5.74, 6) is 0.445. The molecule has 1 fully saturated rings. The number of nitrogens with one attached hydrogen (secondary N) is 1. The fourth-order valence-corrected chi connectivity index (χ4v) is 4.18. The number of hydrogen-bond donors (Lipinski definition) is 1. The third-order valence-electron chi connectivity index (χ3n) is 5.70. The molecule has 2 aromatic rings. The number of nitrogens with zero attached hydrogens (tertiary/aromatic N) is 2. The first-order valence-electron chi connectivity index (χ1n) is 9.75. The maximum atomic E-state index is 13.9. The zero-order chi connectivity index (χ0) is 18.8. The van der Waals surface area contributed by atoms with E-state index in [1.807, 2.05) is 4.90 Å². The zero-order valence-corrected chi connectivity index (χ0v) is 15.3. The Morgan fingerprint density at radius 1 is 1.22 bits per heavy atom. The van der Waals surface area contributed by atoms with E-state index in [1.165, 1.54) is 12.5 Å². The molecular weight excluding hydrogens is 345 g/mol. The number of amides is 1. The van der Waals surface area contributed by atoms with Crippen molar-refractivity contribution >= 4 is 5.91 Å². The normalized spacial score (nSPS) is 17.6. The van der Waals surface area contributed by atoms with Crippen LogP contribution in [0.5, 0.6) is 0 Å². The Labute approximate surface area is 157 Å². The van der Waals surface area contributed by atoms with Gasteiger partial charge in [-0.3, -0.25) is 9.59 Å². The smallest absolute Gasteiger partial charge is 0.256 e. The monoisotopic (exact) mass is 369 g/mol. The summed E-state index contributed by atoms with van der Waals surface area (Å²) in [5.41, 5.74) is 1.60. The molecule has 0 bridgehead atoms. The van der Waals surface area contributed by atoms with Crippen LogP contribution in [0.3, 0.4) is 0 Å². The van der Waals surface area contributed by atoms with E-state index in [2.05, 4.69) is 9.97 Å². The van der Waals surface area contributed by atoms with Crippen LogP contribution in [0.1, 0.15) is 54.7 Å². The van der Waals surface area contributed by atoms with E-state index in [4.69, 9.17) is 0 Å². The fourth-order valence-electron chi connectivity index (χ4n) is 4.18. The maximum absolute atomic E-state index is 13.9. The largest absolute Gasteiger partial charge is 0.337 e. The molecular formula is C21H24FN3O2. The van der Waals surface area contributed by atoms with Gasteiger partial charge in [0.2, 0.25) is 5.91 Å². The van der Waals surface area contributed by atoms with Gasteiger partial charge in [0.1, 0.15) is 11.6 Å². The van der Waals surface area contributed by atoms with Gasteiger partial charge in [-0.05, 0) is 24.5 Å². The molecule has 2 aliphatic rings. The molecule has 5 nitrogen and oxygen atoms in total. The van der Waals surface area contributed by atoms with Gasteiger partial charge in [-0.25, -0.2) is 9.37 Å². The second kappa shape index (κ2) is 7.62. The molecule has 1 saturated carbocycles. The van der Waals surface area contributed by atoms with E-state index >= 15 is 0 Å². The Kier molecular flexibility index (Phi) is 5.05. The number of hydrogen-bond acceptors (Lipinski definition) is 3. The number of aromatic nitrogens is 2. The van der Waals surface area contributed by atoms with Gasteiger partial charge in [0, 0.05) is 25.3 Å². The Balaban J connectivity index is 1.52. The number of halogens is 1. The van der Waals surface area contributed by atoms with Crippen molar-refractivity contribution in [3.8, 4) is 0 Å². The van der Waals surface area contributed by atoms with E-state index in [9.17, 15) is 14.0 Å². The average Bonchev–Trinajstić information content (AvgIpc) is 2.70. The lowest BCUT2D eigenvalue weighted by Crippen LogP contribution is -2.43. The van der Waals surface area contributed by atoms with Crippen molar-refractivity contribution in [3.05, 3.63) is 63.1 Å². The van der Waals surface area contributed by atoms with E-state index in [0.29, 0.717) is 36.5 Å². The first kappa shape index (κ1) is 17.9. The van der Waals surface area contributed by atoms with Gasteiger partial charge in [-0.1, -0.05) is 37.5 Å². The number of rotatable bonds is 3. The van der Waals surface area contributed by atoms with Crippen LogP contribution in [0.4, 0.5) is 4.39 Å². The molecule has 142 valence electrons. The van der Waals surface area contributed by atoms with Crippen molar-refractivity contribution in [1.82, 2.24) is 14.9 Å². The summed E-state index contributed by atoms with van der Waals surface area (Å²) in [6.45, 7) is 0.922. The topological polar surface area (TPSA) is 66.1 Å². The highest BCUT2D eigenvalue weighted by Gasteiger charge is 2.30. The lowest BCUT2D eigenvalue weighted by molar-refractivity contribution is -0.137. The molecule has 0 radical (unpaired) electrons. The summed E-state index contributed by atoms with van der Waals surface area (Å²) >= 11 is 0. The number of aromatic amines is 1. The van der Waals surface area contributed by atoms with E-state index in [1.54, 1.807) is 18.2 Å². The minimum absolute atomic E-state index is 0.104. The van der Waals surface area contributed by atoms with Gasteiger partial charge in [-0.15, -0.1) is 0 Å². The SMILES string of the molecule is O=C(C1CCCCC1)N1CCc2nc(Cc3ccccc3F)[nH]c(=O)c2C1. The van der Waals surface area contributed by atoms with Crippen molar-refractivity contribution in [1.29, 1.82) is 0 Å². The number of carbonyl (C=O) groups excluding carboxylic acids is 1. The van der Waals surface area contributed by atoms with Gasteiger partial charge in [0.25, 0.3) is 5.56 Å². The van der Waals surface area contributed by atoms with Crippen LogP contribution >= 0.6 is 0 Å². The molecule has 1 aliphatic heterocycles. The quantitative estimate of drug-likeness (QED) is 0.905. The van der Waals surface area contributed by atoms with Gasteiger partial charge in [0.15, 0.2) is 0 Å². The standard InChI is InChI=1S/C21H24FN3O2/c22-17-9-5-4-8-15(17)12-19-23-18-10-11-25(13-16(18)20(26)24-19)21(27)14-6-2-1-3-7-14/h4-5,8-9,14H,1-3,6-7,10-13H2,(H,23,24,26). The van der Waals surface area contributed by atoms with Crippen LogP contribution in [0.15, 0.2) is 29.1 Å². The average molecular weight is 369 g/mol. The molecule has 0 atom stereocenters. The zero-order valence-electron chi connectivity index (χ0n) is 15.3. The molecule has 1 aromatic carbocycles. The third-order valence-corrected chi connectivity index (χ3v) is 5.70. The molecule has 4 rings (SSSR count).